The van der Waals surface area contributed by atoms with Crippen molar-refractivity contribution in [1.29, 1.82) is 0 Å². The van der Waals surface area contributed by atoms with Crippen LogP contribution in [0.2, 0.25) is 0 Å². The number of carbonyl (C=O) groups is 1. The van der Waals surface area contributed by atoms with Gasteiger partial charge in [0, 0.05) is 12.3 Å². The minimum absolute atomic E-state index is 0.444. The van der Waals surface area contributed by atoms with Crippen molar-refractivity contribution in [3.8, 4) is 0 Å². The molecular weight excluding hydrogens is 100 g/mol. The molecule has 1 nitrogen and oxygen atoms in total. The lowest BCUT2D eigenvalue weighted by Gasteiger charge is -1.87. The zero-order chi connectivity index (χ0) is 6.15. The van der Waals surface area contributed by atoms with Crippen LogP contribution in [0.3, 0.4) is 0 Å². The molecule has 0 spiro atoms. The Morgan fingerprint density at radius 2 is 2.25 bits per heavy atom. The molecular formula is C7H12O. The summed E-state index contributed by atoms with van der Waals surface area (Å²) in [7, 11) is 0. The van der Waals surface area contributed by atoms with E-state index in [2.05, 4.69) is 6.92 Å². The van der Waals surface area contributed by atoms with E-state index in [0.717, 1.165) is 12.8 Å². The molecule has 0 saturated heterocycles. The fourth-order valence-corrected chi connectivity index (χ4v) is 1.03. The molecule has 8 heavy (non-hydrogen) atoms. The van der Waals surface area contributed by atoms with Gasteiger partial charge in [-0.1, -0.05) is 13.8 Å². The van der Waals surface area contributed by atoms with E-state index in [0.29, 0.717) is 17.6 Å². The molecule has 0 unspecified atom stereocenters. The van der Waals surface area contributed by atoms with Crippen LogP contribution in [-0.4, -0.2) is 5.78 Å². The van der Waals surface area contributed by atoms with Crippen LogP contribution in [0.1, 0.15) is 26.7 Å². The maximum atomic E-state index is 10.8. The van der Waals surface area contributed by atoms with E-state index in [1.54, 1.807) is 0 Å². The monoisotopic (exact) mass is 112 g/mol. The Hall–Kier alpha value is -0.330. The molecule has 0 aromatic rings. The highest BCUT2D eigenvalue weighted by Gasteiger charge is 2.37. The van der Waals surface area contributed by atoms with Gasteiger partial charge in [0.25, 0.3) is 0 Å². The summed E-state index contributed by atoms with van der Waals surface area (Å²) >= 11 is 0. The first-order valence-electron chi connectivity index (χ1n) is 3.28. The number of hydrogen-bond donors (Lipinski definition) is 0. The van der Waals surface area contributed by atoms with Crippen LogP contribution in [-0.2, 0) is 4.79 Å². The molecule has 1 aliphatic rings. The van der Waals surface area contributed by atoms with E-state index in [9.17, 15) is 4.79 Å². The van der Waals surface area contributed by atoms with Gasteiger partial charge in [-0.05, 0) is 12.3 Å². The summed E-state index contributed by atoms with van der Waals surface area (Å²) in [6, 6.07) is 0. The zero-order valence-electron chi connectivity index (χ0n) is 5.48. The maximum Gasteiger partial charge on any atom is 0.135 e. The maximum absolute atomic E-state index is 10.8. The van der Waals surface area contributed by atoms with E-state index in [1.165, 1.54) is 0 Å². The lowest BCUT2D eigenvalue weighted by Crippen LogP contribution is -1.97. The van der Waals surface area contributed by atoms with E-state index < -0.39 is 0 Å². The molecule has 1 rings (SSSR count). The molecule has 0 N–H and O–H groups in total. The lowest BCUT2D eigenvalue weighted by molar-refractivity contribution is -0.120. The van der Waals surface area contributed by atoms with Gasteiger partial charge in [0.05, 0.1) is 0 Å². The molecule has 0 aromatic heterocycles. The van der Waals surface area contributed by atoms with Crippen molar-refractivity contribution in [2.75, 3.05) is 0 Å². The van der Waals surface area contributed by atoms with E-state index in [-0.39, 0.29) is 0 Å². The summed E-state index contributed by atoms with van der Waals surface area (Å²) in [6.45, 7) is 4.08. The Kier molecular flexibility index (Phi) is 1.37. The molecule has 2 atom stereocenters. The van der Waals surface area contributed by atoms with Crippen molar-refractivity contribution in [3.63, 3.8) is 0 Å². The zero-order valence-corrected chi connectivity index (χ0v) is 5.48. The van der Waals surface area contributed by atoms with Gasteiger partial charge in [-0.15, -0.1) is 0 Å². The Bertz CT molecular complexity index is 107. The normalized spacial score (nSPS) is 34.8. The number of ketones is 1. The molecule has 0 amide bonds. The molecule has 0 bridgehead atoms. The fraction of sp³-hybridized carbons (Fsp3) is 0.857. The van der Waals surface area contributed by atoms with Crippen LogP contribution >= 0.6 is 0 Å². The second-order valence-corrected chi connectivity index (χ2v) is 2.64. The van der Waals surface area contributed by atoms with E-state index in [4.69, 9.17) is 0 Å². The van der Waals surface area contributed by atoms with Gasteiger partial charge in [-0.2, -0.15) is 0 Å². The summed E-state index contributed by atoms with van der Waals surface area (Å²) in [5.41, 5.74) is 0. The minimum atomic E-state index is 0.444. The van der Waals surface area contributed by atoms with Crippen LogP contribution in [0.5, 0.6) is 0 Å². The van der Waals surface area contributed by atoms with Gasteiger partial charge in [-0.25, -0.2) is 0 Å². The molecule has 1 heteroatoms. The van der Waals surface area contributed by atoms with E-state index >= 15 is 0 Å². The first-order valence-corrected chi connectivity index (χ1v) is 3.28. The third-order valence-corrected chi connectivity index (χ3v) is 1.87. The average Bonchev–Trinajstić information content (AvgIpc) is 2.45. The molecule has 46 valence electrons. The van der Waals surface area contributed by atoms with E-state index in [1.807, 2.05) is 6.92 Å². The predicted octanol–water partition coefficient (Wildman–Crippen LogP) is 1.62. The van der Waals surface area contributed by atoms with Gasteiger partial charge in [0.2, 0.25) is 0 Å². The van der Waals surface area contributed by atoms with Crippen molar-refractivity contribution >= 4 is 5.78 Å². The summed E-state index contributed by atoms with van der Waals surface area (Å²) in [6.07, 6.45) is 1.88. The highest BCUT2D eigenvalue weighted by atomic mass is 16.1. The molecule has 1 fully saturated rings. The third-order valence-electron chi connectivity index (χ3n) is 1.87. The van der Waals surface area contributed by atoms with Crippen LogP contribution in [0.4, 0.5) is 0 Å². The Morgan fingerprint density at radius 3 is 2.38 bits per heavy atom. The summed E-state index contributed by atoms with van der Waals surface area (Å²) < 4.78 is 0. The summed E-state index contributed by atoms with van der Waals surface area (Å²) in [4.78, 5) is 10.8. The third kappa shape index (κ3) is 0.908. The largest absolute Gasteiger partial charge is 0.299 e. The summed E-state index contributed by atoms with van der Waals surface area (Å²) in [5, 5.41) is 0. The van der Waals surface area contributed by atoms with Crippen molar-refractivity contribution in [3.05, 3.63) is 0 Å². The van der Waals surface area contributed by atoms with Crippen molar-refractivity contribution < 1.29 is 4.79 Å². The molecule has 1 aliphatic carbocycles. The minimum Gasteiger partial charge on any atom is -0.299 e. The molecule has 0 radical (unpaired) electrons. The number of carbonyl (C=O) groups excluding carboxylic acids is 1. The average molecular weight is 112 g/mol. The molecule has 0 aromatic carbocycles. The van der Waals surface area contributed by atoms with Crippen LogP contribution in [0.25, 0.3) is 0 Å². The first-order chi connectivity index (χ1) is 3.75. The van der Waals surface area contributed by atoms with Crippen LogP contribution in [0, 0.1) is 11.8 Å². The molecule has 1 saturated carbocycles. The quantitative estimate of drug-likeness (QED) is 0.530. The van der Waals surface area contributed by atoms with Crippen LogP contribution in [0.15, 0.2) is 0 Å². The molecule has 0 aliphatic heterocycles. The smallest absolute Gasteiger partial charge is 0.135 e. The molecule has 0 heterocycles. The van der Waals surface area contributed by atoms with Crippen molar-refractivity contribution in [2.24, 2.45) is 11.8 Å². The Labute approximate surface area is 50.1 Å². The van der Waals surface area contributed by atoms with Gasteiger partial charge >= 0.3 is 0 Å². The first kappa shape index (κ1) is 5.80. The second-order valence-electron chi connectivity index (χ2n) is 2.64. The number of hydrogen-bond acceptors (Lipinski definition) is 1. The number of rotatable bonds is 2. The Balaban J connectivity index is 2.28. The second kappa shape index (κ2) is 1.88. The van der Waals surface area contributed by atoms with Crippen LogP contribution < -0.4 is 0 Å². The topological polar surface area (TPSA) is 17.1 Å². The highest BCUT2D eigenvalue weighted by molar-refractivity contribution is 5.83. The Morgan fingerprint density at radius 1 is 1.75 bits per heavy atom. The summed E-state index contributed by atoms with van der Waals surface area (Å²) in [5.74, 6) is 1.60. The highest BCUT2D eigenvalue weighted by Crippen LogP contribution is 2.38. The van der Waals surface area contributed by atoms with Crippen molar-refractivity contribution in [1.82, 2.24) is 0 Å². The SMILES string of the molecule is CCC(=O)[C@@H]1C[C@@H]1C. The predicted molar refractivity (Wildman–Crippen MR) is 32.6 cm³/mol. The van der Waals surface area contributed by atoms with Crippen molar-refractivity contribution in [2.45, 2.75) is 26.7 Å². The van der Waals surface area contributed by atoms with Gasteiger partial charge in [0.15, 0.2) is 0 Å². The van der Waals surface area contributed by atoms with Gasteiger partial charge in [-0.3, -0.25) is 4.79 Å². The fourth-order valence-electron chi connectivity index (χ4n) is 1.03. The standard InChI is InChI=1S/C7H12O/c1-3-7(8)6-4-5(6)2/h5-6H,3-4H2,1-2H3/t5-,6+/m0/s1. The number of Topliss-reactive ketones (excluding diaryl/α,β-unsaturated/α-hetero) is 1. The van der Waals surface area contributed by atoms with Gasteiger partial charge < -0.3 is 0 Å². The van der Waals surface area contributed by atoms with Gasteiger partial charge in [0.1, 0.15) is 5.78 Å². The lowest BCUT2D eigenvalue weighted by atomic mass is 10.2.